The van der Waals surface area contributed by atoms with Crippen LogP contribution in [0.5, 0.6) is 0 Å². The molecule has 1 heteroatoms. The number of rotatable bonds is 0. The zero-order chi connectivity index (χ0) is 4.41. The minimum absolute atomic E-state index is 0. The third kappa shape index (κ3) is 0.997. The molecule has 1 rings (SSSR count). The summed E-state index contributed by atoms with van der Waals surface area (Å²) < 4.78 is 0.963. The molecule has 0 heterocycles. The van der Waals surface area contributed by atoms with Crippen molar-refractivity contribution in [3.8, 4) is 0 Å². The molecule has 2 radical (unpaired) electrons. The van der Waals surface area contributed by atoms with Crippen LogP contribution in [0.2, 0.25) is 4.78 Å². The maximum absolute atomic E-state index is 2.87. The first-order valence-corrected chi connectivity index (χ1v) is 3.32. The van der Waals surface area contributed by atoms with Crippen molar-refractivity contribution in [2.24, 2.45) is 0 Å². The molecule has 0 aliphatic heterocycles. The Bertz CT molecular complexity index is 43.7. The molecule has 1 aliphatic carbocycles. The van der Waals surface area contributed by atoms with Crippen molar-refractivity contribution in [1.82, 2.24) is 0 Å². The molecule has 0 atom stereocenters. The second-order valence-corrected chi connectivity index (χ2v) is 2.99. The lowest BCUT2D eigenvalue weighted by Gasteiger charge is -1.92. The summed E-state index contributed by atoms with van der Waals surface area (Å²) in [5.41, 5.74) is 0. The van der Waals surface area contributed by atoms with Gasteiger partial charge in [-0.1, -0.05) is 25.7 Å². The van der Waals surface area contributed by atoms with Crippen molar-refractivity contribution in [3.05, 3.63) is 0 Å². The van der Waals surface area contributed by atoms with Crippen LogP contribution >= 0.6 is 0 Å². The summed E-state index contributed by atoms with van der Waals surface area (Å²) in [5, 5.41) is 0. The first-order chi connectivity index (χ1) is 2.89. The predicted molar refractivity (Wildman–Crippen MR) is 32.2 cm³/mol. The van der Waals surface area contributed by atoms with Crippen LogP contribution in [0.3, 0.4) is 0 Å². The van der Waals surface area contributed by atoms with Gasteiger partial charge in [-0.25, -0.2) is 0 Å². The average molecular weight is 100 g/mol. The Kier molecular flexibility index (Phi) is 1.56. The molecular formula is C5H13Al. The second kappa shape index (κ2) is 2.00. The van der Waals surface area contributed by atoms with Crippen molar-refractivity contribution in [1.29, 1.82) is 0 Å². The standard InChI is InChI=1S/C5H9.Al.2H2/c1-2-4-5-3-1;;;/h1H,2-5H2;;2*1H. The topological polar surface area (TPSA) is 0 Å². The quantitative estimate of drug-likeness (QED) is 0.408. The summed E-state index contributed by atoms with van der Waals surface area (Å²) >= 11 is 2.87. The fourth-order valence-corrected chi connectivity index (χ4v) is 1.43. The van der Waals surface area contributed by atoms with Gasteiger partial charge in [-0.3, -0.25) is 0 Å². The van der Waals surface area contributed by atoms with Crippen LogP contribution in [-0.4, -0.2) is 16.3 Å². The van der Waals surface area contributed by atoms with E-state index in [1.54, 1.807) is 0 Å². The largest absolute Gasteiger partial charge is 0.123 e. The molecule has 0 aromatic heterocycles. The Morgan fingerprint density at radius 2 is 1.83 bits per heavy atom. The average Bonchev–Trinajstić information content (AvgIpc) is 1.86. The molecule has 0 spiro atoms. The van der Waals surface area contributed by atoms with Gasteiger partial charge in [0.25, 0.3) is 0 Å². The highest BCUT2D eigenvalue weighted by Crippen LogP contribution is 2.26. The molecular weight excluding hydrogens is 87.0 g/mol. The SMILES string of the molecule is [Al][CH]1CCCC1.[HH].[HH]. The first kappa shape index (κ1) is 4.69. The van der Waals surface area contributed by atoms with E-state index >= 15 is 0 Å². The van der Waals surface area contributed by atoms with Crippen LogP contribution in [-0.2, 0) is 0 Å². The van der Waals surface area contributed by atoms with E-state index in [0.717, 1.165) is 4.78 Å². The van der Waals surface area contributed by atoms with Crippen LogP contribution in [0.4, 0.5) is 0 Å². The van der Waals surface area contributed by atoms with Gasteiger partial charge in [0.1, 0.15) is 16.3 Å². The van der Waals surface area contributed by atoms with Crippen molar-refractivity contribution in [3.63, 3.8) is 0 Å². The van der Waals surface area contributed by atoms with E-state index in [1.165, 1.54) is 25.7 Å². The summed E-state index contributed by atoms with van der Waals surface area (Å²) in [7, 11) is 0. The highest BCUT2D eigenvalue weighted by molar-refractivity contribution is 6.11. The van der Waals surface area contributed by atoms with Gasteiger partial charge in [0.2, 0.25) is 0 Å². The van der Waals surface area contributed by atoms with Gasteiger partial charge in [0, 0.05) is 2.85 Å². The minimum atomic E-state index is 0. The molecule has 6 heavy (non-hydrogen) atoms. The fraction of sp³-hybridized carbons (Fsp3) is 1.00. The summed E-state index contributed by atoms with van der Waals surface area (Å²) in [6, 6.07) is 0. The zero-order valence-corrected chi connectivity index (χ0v) is 5.14. The first-order valence-electron chi connectivity index (χ1n) is 2.65. The molecule has 1 fully saturated rings. The Morgan fingerprint density at radius 1 is 1.33 bits per heavy atom. The predicted octanol–water partition coefficient (Wildman–Crippen LogP) is 2.01. The molecule has 0 nitrogen and oxygen atoms in total. The Hall–Kier alpha value is 0.532. The Labute approximate surface area is 50.3 Å². The lowest BCUT2D eigenvalue weighted by Crippen LogP contribution is -1.77. The van der Waals surface area contributed by atoms with Gasteiger partial charge in [-0.05, 0) is 0 Å². The fourth-order valence-electron chi connectivity index (χ4n) is 0.957. The Morgan fingerprint density at radius 3 is 2.00 bits per heavy atom. The highest BCUT2D eigenvalue weighted by Gasteiger charge is 2.06. The number of hydrogen-bond donors (Lipinski definition) is 0. The molecule has 1 aliphatic rings. The lowest BCUT2D eigenvalue weighted by molar-refractivity contribution is 0.880. The van der Waals surface area contributed by atoms with Crippen LogP contribution in [0.25, 0.3) is 0 Å². The van der Waals surface area contributed by atoms with E-state index in [4.69, 9.17) is 0 Å². The molecule has 36 valence electrons. The van der Waals surface area contributed by atoms with Crippen LogP contribution in [0.1, 0.15) is 28.5 Å². The third-order valence-corrected chi connectivity index (χ3v) is 2.07. The summed E-state index contributed by atoms with van der Waals surface area (Å²) in [4.78, 5) is 0. The number of hydrogen-bond acceptors (Lipinski definition) is 0. The van der Waals surface area contributed by atoms with Crippen molar-refractivity contribution in [2.75, 3.05) is 0 Å². The van der Waals surface area contributed by atoms with Gasteiger partial charge in [0.15, 0.2) is 0 Å². The van der Waals surface area contributed by atoms with E-state index in [1.807, 2.05) is 0 Å². The molecule has 0 aromatic rings. The summed E-state index contributed by atoms with van der Waals surface area (Å²) in [6.07, 6.45) is 5.83. The van der Waals surface area contributed by atoms with Crippen LogP contribution in [0, 0.1) is 0 Å². The van der Waals surface area contributed by atoms with Crippen LogP contribution < -0.4 is 0 Å². The van der Waals surface area contributed by atoms with E-state index in [-0.39, 0.29) is 2.85 Å². The van der Waals surface area contributed by atoms with Gasteiger partial charge < -0.3 is 0 Å². The second-order valence-electron chi connectivity index (χ2n) is 2.04. The molecule has 1 saturated carbocycles. The van der Waals surface area contributed by atoms with E-state index in [2.05, 4.69) is 16.3 Å². The molecule has 0 saturated heterocycles. The molecule has 0 amide bonds. The highest BCUT2D eigenvalue weighted by atomic mass is 27.0. The lowest BCUT2D eigenvalue weighted by atomic mass is 10.4. The molecule has 0 aromatic carbocycles. The van der Waals surface area contributed by atoms with Crippen LogP contribution in [0.15, 0.2) is 0 Å². The monoisotopic (exact) mass is 100 g/mol. The van der Waals surface area contributed by atoms with Crippen molar-refractivity contribution in [2.45, 2.75) is 30.5 Å². The summed E-state index contributed by atoms with van der Waals surface area (Å²) in [5.74, 6) is 0. The molecule has 0 unspecified atom stereocenters. The smallest absolute Gasteiger partial charge is 0.107 e. The normalized spacial score (nSPS) is 25.3. The maximum atomic E-state index is 2.87. The van der Waals surface area contributed by atoms with E-state index < -0.39 is 0 Å². The summed E-state index contributed by atoms with van der Waals surface area (Å²) in [6.45, 7) is 0. The maximum Gasteiger partial charge on any atom is 0.123 e. The van der Waals surface area contributed by atoms with Crippen molar-refractivity contribution < 1.29 is 2.85 Å². The minimum Gasteiger partial charge on any atom is -0.107 e. The Balaban J connectivity index is 0. The molecule has 0 bridgehead atoms. The van der Waals surface area contributed by atoms with E-state index in [9.17, 15) is 0 Å². The van der Waals surface area contributed by atoms with Gasteiger partial charge in [-0.2, -0.15) is 0 Å². The van der Waals surface area contributed by atoms with Crippen molar-refractivity contribution >= 4 is 16.3 Å². The molecule has 0 N–H and O–H groups in total. The van der Waals surface area contributed by atoms with E-state index in [0.29, 0.717) is 0 Å². The van der Waals surface area contributed by atoms with Gasteiger partial charge in [-0.15, -0.1) is 4.78 Å². The van der Waals surface area contributed by atoms with Gasteiger partial charge >= 0.3 is 0 Å². The third-order valence-electron chi connectivity index (χ3n) is 1.40. The zero-order valence-electron chi connectivity index (χ0n) is 3.98. The van der Waals surface area contributed by atoms with Gasteiger partial charge in [0.05, 0.1) is 0 Å².